The molecule has 0 spiro atoms. The van der Waals surface area contributed by atoms with Crippen LogP contribution in [0.2, 0.25) is 0 Å². The molecule has 0 aromatic heterocycles. The summed E-state index contributed by atoms with van der Waals surface area (Å²) in [6, 6.07) is 7.71. The number of hydrogen-bond donors (Lipinski definition) is 2. The van der Waals surface area contributed by atoms with Crippen molar-refractivity contribution in [1.29, 1.82) is 0 Å². The van der Waals surface area contributed by atoms with Crippen LogP contribution in [0.25, 0.3) is 0 Å². The van der Waals surface area contributed by atoms with E-state index in [1.165, 1.54) is 6.42 Å². The third-order valence-corrected chi connectivity index (χ3v) is 8.81. The van der Waals surface area contributed by atoms with Gasteiger partial charge in [-0.1, -0.05) is 24.6 Å². The van der Waals surface area contributed by atoms with Crippen LogP contribution in [0.5, 0.6) is 0 Å². The molecule has 0 radical (unpaired) electrons. The number of hydrogen-bond acceptors (Lipinski definition) is 4. The first kappa shape index (κ1) is 22.4. The predicted molar refractivity (Wildman–Crippen MR) is 122 cm³/mol. The monoisotopic (exact) mass is 438 g/mol. The van der Waals surface area contributed by atoms with E-state index in [-0.39, 0.29) is 0 Å². The van der Waals surface area contributed by atoms with E-state index in [0.717, 1.165) is 50.2 Å². The minimum Gasteiger partial charge on any atom is -0.357 e. The summed E-state index contributed by atoms with van der Waals surface area (Å²) < 4.78 is 28.0. The van der Waals surface area contributed by atoms with Crippen LogP contribution in [-0.4, -0.2) is 55.9 Å². The maximum atomic E-state index is 13.2. The number of benzene rings is 1. The number of thioether (sulfide) groups is 1. The van der Waals surface area contributed by atoms with Gasteiger partial charge in [0.25, 0.3) is 0 Å². The molecule has 3 rings (SSSR count). The molecular formula is C21H34N4O2S2. The second kappa shape index (κ2) is 10.7. The van der Waals surface area contributed by atoms with Gasteiger partial charge < -0.3 is 10.6 Å². The number of aliphatic imine (C=N–C) groups is 1. The lowest BCUT2D eigenvalue weighted by Crippen LogP contribution is -2.42. The predicted octanol–water partition coefficient (Wildman–Crippen LogP) is 3.20. The molecule has 2 N–H and O–H groups in total. The van der Waals surface area contributed by atoms with Crippen molar-refractivity contribution in [3.63, 3.8) is 0 Å². The smallest absolute Gasteiger partial charge is 0.243 e. The van der Waals surface area contributed by atoms with Crippen molar-refractivity contribution in [2.24, 2.45) is 4.99 Å². The Labute approximate surface area is 180 Å². The summed E-state index contributed by atoms with van der Waals surface area (Å²) in [6.45, 7) is 4.39. The second-order valence-corrected chi connectivity index (χ2v) is 10.8. The molecule has 1 aliphatic heterocycles. The van der Waals surface area contributed by atoms with Crippen molar-refractivity contribution in [3.8, 4) is 0 Å². The molecule has 1 heterocycles. The van der Waals surface area contributed by atoms with E-state index in [1.54, 1.807) is 16.4 Å². The van der Waals surface area contributed by atoms with Crippen molar-refractivity contribution in [1.82, 2.24) is 14.9 Å². The highest BCUT2D eigenvalue weighted by Gasteiger charge is 2.28. The van der Waals surface area contributed by atoms with Crippen molar-refractivity contribution in [2.45, 2.75) is 68.2 Å². The van der Waals surface area contributed by atoms with Gasteiger partial charge in [0.15, 0.2) is 5.96 Å². The van der Waals surface area contributed by atoms with Gasteiger partial charge in [-0.3, -0.25) is 0 Å². The Kier molecular flexibility index (Phi) is 8.26. The lowest BCUT2D eigenvalue weighted by atomic mass is 10.2. The molecule has 162 valence electrons. The first-order valence-electron chi connectivity index (χ1n) is 10.7. The fourth-order valence-corrected chi connectivity index (χ4v) is 6.62. The van der Waals surface area contributed by atoms with E-state index in [4.69, 9.17) is 4.99 Å². The first-order valence-corrected chi connectivity index (χ1v) is 13.4. The number of guanidine groups is 1. The minimum atomic E-state index is -3.47. The van der Waals surface area contributed by atoms with Gasteiger partial charge in [0.05, 0.1) is 11.4 Å². The number of piperidine rings is 1. The van der Waals surface area contributed by atoms with Crippen molar-refractivity contribution < 1.29 is 8.42 Å². The summed E-state index contributed by atoms with van der Waals surface area (Å²) in [6.07, 6.45) is 8.68. The standard InChI is InChI=1S/C21H34N4O2S2/c1-3-22-21(24-18-11-12-19(15-18)28-2)23-16-17-9-5-6-10-20(17)29(26,27)25-13-7-4-8-14-25/h5-6,9-10,18-19H,3-4,7-8,11-16H2,1-2H3,(H2,22,23,24). The average Bonchev–Trinajstić information content (AvgIpc) is 3.20. The van der Waals surface area contributed by atoms with Crippen LogP contribution in [0.1, 0.15) is 51.0 Å². The van der Waals surface area contributed by atoms with Crippen LogP contribution in [-0.2, 0) is 16.6 Å². The topological polar surface area (TPSA) is 73.8 Å². The molecular weight excluding hydrogens is 404 g/mol. The molecule has 2 unspecified atom stereocenters. The van der Waals surface area contributed by atoms with E-state index >= 15 is 0 Å². The summed E-state index contributed by atoms with van der Waals surface area (Å²) in [5, 5.41) is 7.56. The van der Waals surface area contributed by atoms with Gasteiger partial charge in [0.2, 0.25) is 10.0 Å². The van der Waals surface area contributed by atoms with Gasteiger partial charge in [-0.15, -0.1) is 0 Å². The molecule has 29 heavy (non-hydrogen) atoms. The van der Waals surface area contributed by atoms with E-state index in [0.29, 0.717) is 35.8 Å². The van der Waals surface area contributed by atoms with E-state index < -0.39 is 10.0 Å². The molecule has 1 saturated heterocycles. The third kappa shape index (κ3) is 5.89. The molecule has 2 atom stereocenters. The Bertz CT molecular complexity index is 792. The highest BCUT2D eigenvalue weighted by atomic mass is 32.2. The summed E-state index contributed by atoms with van der Waals surface area (Å²) in [7, 11) is -3.47. The van der Waals surface area contributed by atoms with E-state index in [1.807, 2.05) is 30.8 Å². The zero-order chi connectivity index (χ0) is 20.7. The molecule has 2 fully saturated rings. The fourth-order valence-electron chi connectivity index (χ4n) is 4.09. The van der Waals surface area contributed by atoms with Crippen LogP contribution in [0.3, 0.4) is 0 Å². The summed E-state index contributed by atoms with van der Waals surface area (Å²) in [5.74, 6) is 0.768. The molecule has 1 saturated carbocycles. The normalized spacial score (nSPS) is 23.9. The van der Waals surface area contributed by atoms with Crippen molar-refractivity contribution in [3.05, 3.63) is 29.8 Å². The maximum Gasteiger partial charge on any atom is 0.243 e. The Morgan fingerprint density at radius 3 is 2.66 bits per heavy atom. The Morgan fingerprint density at radius 2 is 1.97 bits per heavy atom. The molecule has 0 bridgehead atoms. The Morgan fingerprint density at radius 1 is 1.21 bits per heavy atom. The van der Waals surface area contributed by atoms with Crippen molar-refractivity contribution >= 4 is 27.7 Å². The third-order valence-electron chi connectivity index (χ3n) is 5.72. The highest BCUT2D eigenvalue weighted by Crippen LogP contribution is 2.28. The summed E-state index contributed by atoms with van der Waals surface area (Å²) in [4.78, 5) is 5.12. The number of nitrogens with one attached hydrogen (secondary N) is 2. The van der Waals surface area contributed by atoms with Gasteiger partial charge >= 0.3 is 0 Å². The molecule has 2 aliphatic rings. The van der Waals surface area contributed by atoms with Gasteiger partial charge in [-0.2, -0.15) is 16.1 Å². The number of sulfonamides is 1. The van der Waals surface area contributed by atoms with Crippen LogP contribution < -0.4 is 10.6 Å². The highest BCUT2D eigenvalue weighted by molar-refractivity contribution is 7.99. The van der Waals surface area contributed by atoms with E-state index in [9.17, 15) is 8.42 Å². The minimum absolute atomic E-state index is 0.344. The zero-order valence-electron chi connectivity index (χ0n) is 17.6. The van der Waals surface area contributed by atoms with E-state index in [2.05, 4.69) is 16.9 Å². The van der Waals surface area contributed by atoms with Crippen molar-refractivity contribution in [2.75, 3.05) is 25.9 Å². The summed E-state index contributed by atoms with van der Waals surface area (Å²) in [5.41, 5.74) is 0.753. The molecule has 1 aromatic carbocycles. The largest absolute Gasteiger partial charge is 0.357 e. The molecule has 1 aromatic rings. The molecule has 6 nitrogen and oxygen atoms in total. The molecule has 0 amide bonds. The Balaban J connectivity index is 1.74. The average molecular weight is 439 g/mol. The lowest BCUT2D eigenvalue weighted by Gasteiger charge is -2.26. The SMILES string of the molecule is CCNC(=NCc1ccccc1S(=O)(=O)N1CCCCC1)NC1CCC(SC)C1. The molecule has 8 heteroatoms. The van der Waals surface area contributed by atoms with Gasteiger partial charge in [-0.05, 0) is 56.9 Å². The van der Waals surface area contributed by atoms with Gasteiger partial charge in [-0.25, -0.2) is 13.4 Å². The number of rotatable bonds is 7. The van der Waals surface area contributed by atoms with Crippen LogP contribution >= 0.6 is 11.8 Å². The quantitative estimate of drug-likeness (QED) is 0.505. The number of nitrogens with zero attached hydrogens (tertiary/aromatic N) is 2. The van der Waals surface area contributed by atoms with Crippen LogP contribution in [0, 0.1) is 0 Å². The lowest BCUT2D eigenvalue weighted by molar-refractivity contribution is 0.346. The van der Waals surface area contributed by atoms with Crippen LogP contribution in [0.15, 0.2) is 34.2 Å². The Hall–Kier alpha value is -1.25. The van der Waals surface area contributed by atoms with Crippen LogP contribution in [0.4, 0.5) is 0 Å². The first-order chi connectivity index (χ1) is 14.0. The molecule has 1 aliphatic carbocycles. The van der Waals surface area contributed by atoms with Gasteiger partial charge in [0.1, 0.15) is 0 Å². The second-order valence-electron chi connectivity index (χ2n) is 7.78. The van der Waals surface area contributed by atoms with Gasteiger partial charge in [0, 0.05) is 30.9 Å². The summed E-state index contributed by atoms with van der Waals surface area (Å²) >= 11 is 1.93. The zero-order valence-corrected chi connectivity index (χ0v) is 19.2. The fraction of sp³-hybridized carbons (Fsp3) is 0.667. The maximum absolute atomic E-state index is 13.2.